The molecule has 0 atom stereocenters. The van der Waals surface area contributed by atoms with Crippen molar-refractivity contribution in [1.82, 2.24) is 25.1 Å². The number of amides is 1. The molecule has 1 rings (SSSR count). The number of nitrogens with zero attached hydrogens (tertiary/aromatic N) is 4. The van der Waals surface area contributed by atoms with Crippen molar-refractivity contribution >= 4 is 17.7 Å². The average Bonchev–Trinajstić information content (AvgIpc) is 2.88. The van der Waals surface area contributed by atoms with Crippen molar-refractivity contribution in [2.24, 2.45) is 0 Å². The number of nitrogens with two attached hydrogens (primary N) is 1. The smallest absolute Gasteiger partial charge is 0.230 e. The Balaban J connectivity index is 2.30. The van der Waals surface area contributed by atoms with Crippen molar-refractivity contribution in [3.05, 3.63) is 5.82 Å². The normalized spacial score (nSPS) is 11.1. The second-order valence-corrected chi connectivity index (χ2v) is 5.98. The lowest BCUT2D eigenvalue weighted by Gasteiger charge is -2.17. The number of likely N-dealkylation sites (N-methyl/N-ethyl adjacent to an activating group) is 1. The second-order valence-electron chi connectivity index (χ2n) is 5.04. The van der Waals surface area contributed by atoms with Gasteiger partial charge in [0.2, 0.25) is 11.1 Å². The summed E-state index contributed by atoms with van der Waals surface area (Å²) in [5.74, 6) is 7.01. The Bertz CT molecular complexity index is 447. The lowest BCUT2D eigenvalue weighted by molar-refractivity contribution is -0.118. The first-order valence-electron chi connectivity index (χ1n) is 7.93. The summed E-state index contributed by atoms with van der Waals surface area (Å²) in [6, 6.07) is 0. The summed E-state index contributed by atoms with van der Waals surface area (Å²) in [6.07, 6.45) is 2.94. The molecule has 8 heteroatoms. The highest BCUT2D eigenvalue weighted by Gasteiger charge is 2.11. The van der Waals surface area contributed by atoms with Gasteiger partial charge in [-0.05, 0) is 19.5 Å². The molecule has 3 N–H and O–H groups in total. The molecule has 0 aliphatic carbocycles. The van der Waals surface area contributed by atoms with Gasteiger partial charge in [-0.3, -0.25) is 4.79 Å². The van der Waals surface area contributed by atoms with Crippen molar-refractivity contribution in [2.45, 2.75) is 45.2 Å². The number of aromatic nitrogens is 3. The number of carbonyl (C=O) groups is 1. The first-order chi connectivity index (χ1) is 10.6. The molecule has 22 heavy (non-hydrogen) atoms. The average molecular weight is 328 g/mol. The number of carbonyl (C=O) groups excluding carboxylic acids is 1. The first-order valence-corrected chi connectivity index (χ1v) is 8.92. The van der Waals surface area contributed by atoms with Crippen molar-refractivity contribution < 1.29 is 4.79 Å². The fourth-order valence-corrected chi connectivity index (χ4v) is 2.69. The molecule has 0 bridgehead atoms. The Morgan fingerprint density at radius 1 is 1.32 bits per heavy atom. The molecule has 0 aliphatic heterocycles. The van der Waals surface area contributed by atoms with Gasteiger partial charge in [0.1, 0.15) is 0 Å². The van der Waals surface area contributed by atoms with Crippen LogP contribution in [0.2, 0.25) is 0 Å². The van der Waals surface area contributed by atoms with Gasteiger partial charge in [-0.15, -0.1) is 10.2 Å². The number of thioether (sulfide) groups is 1. The summed E-state index contributed by atoms with van der Waals surface area (Å²) in [5, 5.41) is 11.6. The standard InChI is InChI=1S/C14H28N6OS/c1-4-7-8-12-17-18-14(20(12)15)22-11-13(21)16-9-10-19(5-2)6-3/h4-11,15H2,1-3H3,(H,16,21). The van der Waals surface area contributed by atoms with Crippen LogP contribution in [0.4, 0.5) is 0 Å². The van der Waals surface area contributed by atoms with Crippen LogP contribution < -0.4 is 11.2 Å². The summed E-state index contributed by atoms with van der Waals surface area (Å²) in [6.45, 7) is 9.89. The number of nitrogens with one attached hydrogen (secondary N) is 1. The van der Waals surface area contributed by atoms with E-state index in [1.54, 1.807) is 0 Å². The molecule has 0 radical (unpaired) electrons. The molecule has 0 aromatic carbocycles. The lowest BCUT2D eigenvalue weighted by Crippen LogP contribution is -2.35. The number of rotatable bonds is 11. The monoisotopic (exact) mass is 328 g/mol. The molecule has 126 valence electrons. The molecular weight excluding hydrogens is 300 g/mol. The van der Waals surface area contributed by atoms with E-state index >= 15 is 0 Å². The minimum absolute atomic E-state index is 0.00438. The summed E-state index contributed by atoms with van der Waals surface area (Å²) in [5.41, 5.74) is 0. The van der Waals surface area contributed by atoms with Crippen molar-refractivity contribution in [2.75, 3.05) is 37.8 Å². The van der Waals surface area contributed by atoms with Gasteiger partial charge in [-0.1, -0.05) is 39.0 Å². The van der Waals surface area contributed by atoms with E-state index in [0.717, 1.165) is 44.7 Å². The van der Waals surface area contributed by atoms with Gasteiger partial charge in [-0.25, -0.2) is 4.68 Å². The maximum absolute atomic E-state index is 11.8. The molecule has 0 aliphatic rings. The number of nitrogen functional groups attached to an aromatic ring is 1. The molecule has 0 unspecified atom stereocenters. The van der Waals surface area contributed by atoms with Gasteiger partial charge in [0.05, 0.1) is 5.75 Å². The van der Waals surface area contributed by atoms with Crippen LogP contribution in [0.3, 0.4) is 0 Å². The molecule has 1 heterocycles. The molecule has 1 aromatic rings. The molecule has 1 aromatic heterocycles. The van der Waals surface area contributed by atoms with E-state index in [1.807, 2.05) is 0 Å². The summed E-state index contributed by atoms with van der Waals surface area (Å²) >= 11 is 1.32. The van der Waals surface area contributed by atoms with Crippen LogP contribution in [0.1, 0.15) is 39.4 Å². The van der Waals surface area contributed by atoms with Crippen LogP contribution >= 0.6 is 11.8 Å². The summed E-state index contributed by atoms with van der Waals surface area (Å²) in [4.78, 5) is 14.1. The van der Waals surface area contributed by atoms with E-state index < -0.39 is 0 Å². The fraction of sp³-hybridized carbons (Fsp3) is 0.786. The van der Waals surface area contributed by atoms with Gasteiger partial charge in [0.25, 0.3) is 0 Å². The third-order valence-electron chi connectivity index (χ3n) is 3.47. The van der Waals surface area contributed by atoms with Gasteiger partial charge in [-0.2, -0.15) is 0 Å². The first kappa shape index (κ1) is 18.8. The van der Waals surface area contributed by atoms with Crippen LogP contribution in [0.5, 0.6) is 0 Å². The van der Waals surface area contributed by atoms with Crippen LogP contribution in [0.25, 0.3) is 0 Å². The van der Waals surface area contributed by atoms with E-state index in [1.165, 1.54) is 16.4 Å². The zero-order valence-corrected chi connectivity index (χ0v) is 14.7. The Morgan fingerprint density at radius 2 is 2.05 bits per heavy atom. The zero-order valence-electron chi connectivity index (χ0n) is 13.8. The summed E-state index contributed by atoms with van der Waals surface area (Å²) in [7, 11) is 0. The van der Waals surface area contributed by atoms with E-state index in [9.17, 15) is 4.79 Å². The summed E-state index contributed by atoms with van der Waals surface area (Å²) < 4.78 is 1.49. The zero-order chi connectivity index (χ0) is 16.4. The lowest BCUT2D eigenvalue weighted by atomic mass is 10.2. The predicted octanol–water partition coefficient (Wildman–Crippen LogP) is 0.885. The Labute approximate surface area is 137 Å². The Morgan fingerprint density at radius 3 is 2.68 bits per heavy atom. The van der Waals surface area contributed by atoms with Crippen LogP contribution in [0.15, 0.2) is 5.16 Å². The van der Waals surface area contributed by atoms with Gasteiger partial charge in [0, 0.05) is 19.5 Å². The topological polar surface area (TPSA) is 89.1 Å². The third kappa shape index (κ3) is 6.23. The molecule has 0 saturated carbocycles. The largest absolute Gasteiger partial charge is 0.354 e. The highest BCUT2D eigenvalue weighted by atomic mass is 32.2. The van der Waals surface area contributed by atoms with Gasteiger partial charge < -0.3 is 16.1 Å². The number of hydrogen-bond donors (Lipinski definition) is 2. The number of unbranched alkanes of at least 4 members (excludes halogenated alkanes) is 1. The number of hydrogen-bond acceptors (Lipinski definition) is 6. The van der Waals surface area contributed by atoms with Crippen LogP contribution in [-0.4, -0.2) is 57.6 Å². The van der Waals surface area contributed by atoms with E-state index in [0.29, 0.717) is 17.5 Å². The van der Waals surface area contributed by atoms with Crippen LogP contribution in [0, 0.1) is 0 Å². The van der Waals surface area contributed by atoms with E-state index in [2.05, 4.69) is 41.2 Å². The van der Waals surface area contributed by atoms with Gasteiger partial charge >= 0.3 is 0 Å². The second kappa shape index (κ2) is 10.4. The predicted molar refractivity (Wildman–Crippen MR) is 90.3 cm³/mol. The maximum Gasteiger partial charge on any atom is 0.230 e. The fourth-order valence-electron chi connectivity index (χ4n) is 1.99. The molecule has 0 saturated heterocycles. The quantitative estimate of drug-likeness (QED) is 0.463. The highest BCUT2D eigenvalue weighted by molar-refractivity contribution is 7.99. The number of aryl methyl sites for hydroxylation is 1. The SMILES string of the molecule is CCCCc1nnc(SCC(=O)NCCN(CC)CC)n1N. The van der Waals surface area contributed by atoms with Crippen LogP contribution in [-0.2, 0) is 11.2 Å². The van der Waals surface area contributed by atoms with E-state index in [4.69, 9.17) is 5.84 Å². The molecule has 1 amide bonds. The maximum atomic E-state index is 11.8. The molecule has 0 spiro atoms. The Hall–Kier alpha value is -1.28. The minimum atomic E-state index is -0.00438. The third-order valence-corrected chi connectivity index (χ3v) is 4.41. The molecular formula is C14H28N6OS. The Kier molecular flexibility index (Phi) is 8.91. The minimum Gasteiger partial charge on any atom is -0.354 e. The molecule has 7 nitrogen and oxygen atoms in total. The molecule has 0 fully saturated rings. The van der Waals surface area contributed by atoms with Crippen molar-refractivity contribution in [3.63, 3.8) is 0 Å². The van der Waals surface area contributed by atoms with Crippen molar-refractivity contribution in [3.8, 4) is 0 Å². The van der Waals surface area contributed by atoms with E-state index in [-0.39, 0.29) is 5.91 Å². The highest BCUT2D eigenvalue weighted by Crippen LogP contribution is 2.14. The van der Waals surface area contributed by atoms with Crippen molar-refractivity contribution in [1.29, 1.82) is 0 Å². The van der Waals surface area contributed by atoms with Gasteiger partial charge in [0.15, 0.2) is 5.82 Å².